The van der Waals surface area contributed by atoms with E-state index in [4.69, 9.17) is 0 Å². The van der Waals surface area contributed by atoms with Crippen molar-refractivity contribution in [2.24, 2.45) is 13.0 Å². The summed E-state index contributed by atoms with van der Waals surface area (Å²) in [5.41, 5.74) is 2.98. The molecular formula is C17H15N3O2. The molecule has 1 unspecified atom stereocenters. The predicted molar refractivity (Wildman–Crippen MR) is 82.0 cm³/mol. The molecule has 5 heteroatoms. The van der Waals surface area contributed by atoms with Crippen molar-refractivity contribution in [2.45, 2.75) is 12.8 Å². The van der Waals surface area contributed by atoms with Gasteiger partial charge in [-0.2, -0.15) is 0 Å². The Hall–Kier alpha value is -2.69. The van der Waals surface area contributed by atoms with E-state index in [9.17, 15) is 9.59 Å². The van der Waals surface area contributed by atoms with Crippen molar-refractivity contribution in [1.29, 1.82) is 0 Å². The summed E-state index contributed by atoms with van der Waals surface area (Å²) < 4.78 is 1.95. The lowest BCUT2D eigenvalue weighted by atomic mass is 9.83. The first-order chi connectivity index (χ1) is 10.6. The van der Waals surface area contributed by atoms with Crippen LogP contribution < -0.4 is 0 Å². The minimum absolute atomic E-state index is 0.0328. The Labute approximate surface area is 127 Å². The molecule has 0 spiro atoms. The Bertz CT molecular complexity index is 904. The Morgan fingerprint density at radius 2 is 2.14 bits per heavy atom. The highest BCUT2D eigenvalue weighted by Gasteiger charge is 2.33. The minimum Gasteiger partial charge on any atom is -0.350 e. The van der Waals surface area contributed by atoms with E-state index in [1.54, 1.807) is 0 Å². The number of imidazole rings is 1. The highest BCUT2D eigenvalue weighted by atomic mass is 16.1. The van der Waals surface area contributed by atoms with E-state index >= 15 is 0 Å². The number of carbonyl (C=O) groups is 2. The van der Waals surface area contributed by atoms with Gasteiger partial charge in [-0.1, -0.05) is 18.2 Å². The number of para-hydroxylation sites is 1. The Morgan fingerprint density at radius 3 is 3.00 bits per heavy atom. The van der Waals surface area contributed by atoms with Gasteiger partial charge < -0.3 is 9.55 Å². The molecule has 5 nitrogen and oxygen atoms in total. The van der Waals surface area contributed by atoms with Gasteiger partial charge in [-0.25, -0.2) is 4.98 Å². The van der Waals surface area contributed by atoms with Gasteiger partial charge in [-0.3, -0.25) is 9.59 Å². The molecule has 110 valence electrons. The number of carbonyl (C=O) groups excluding carboxylic acids is 2. The summed E-state index contributed by atoms with van der Waals surface area (Å²) in [6, 6.07) is 7.83. The lowest BCUT2D eigenvalue weighted by Crippen LogP contribution is -2.26. The minimum atomic E-state index is -0.314. The van der Waals surface area contributed by atoms with Crippen LogP contribution in [0.1, 0.15) is 33.0 Å². The molecule has 2 heterocycles. The Morgan fingerprint density at radius 1 is 1.32 bits per heavy atom. The molecule has 1 N–H and O–H groups in total. The molecule has 1 aliphatic carbocycles. The molecule has 2 aromatic heterocycles. The first-order valence-corrected chi connectivity index (χ1v) is 7.29. The van der Waals surface area contributed by atoms with Gasteiger partial charge in [-0.05, 0) is 6.07 Å². The summed E-state index contributed by atoms with van der Waals surface area (Å²) in [7, 11) is 1.93. The average molecular weight is 293 g/mol. The van der Waals surface area contributed by atoms with Crippen molar-refractivity contribution in [3.05, 3.63) is 53.7 Å². The Kier molecular flexibility index (Phi) is 2.76. The highest BCUT2D eigenvalue weighted by Crippen LogP contribution is 2.29. The maximum Gasteiger partial charge on any atom is 0.183 e. The van der Waals surface area contributed by atoms with E-state index in [-0.39, 0.29) is 23.9 Å². The first-order valence-electron chi connectivity index (χ1n) is 7.29. The molecule has 3 aromatic rings. The zero-order chi connectivity index (χ0) is 15.3. The van der Waals surface area contributed by atoms with Crippen LogP contribution in [0.15, 0.2) is 36.8 Å². The van der Waals surface area contributed by atoms with Crippen LogP contribution in [-0.4, -0.2) is 26.1 Å². The van der Waals surface area contributed by atoms with Crippen LogP contribution >= 0.6 is 0 Å². The van der Waals surface area contributed by atoms with Gasteiger partial charge >= 0.3 is 0 Å². The van der Waals surface area contributed by atoms with Crippen LogP contribution in [0, 0.1) is 5.92 Å². The van der Waals surface area contributed by atoms with E-state index < -0.39 is 0 Å². The van der Waals surface area contributed by atoms with Crippen LogP contribution in [0.25, 0.3) is 10.9 Å². The van der Waals surface area contributed by atoms with Crippen molar-refractivity contribution < 1.29 is 9.59 Å². The fourth-order valence-corrected chi connectivity index (χ4v) is 3.30. The predicted octanol–water partition coefficient (Wildman–Crippen LogP) is 2.53. The van der Waals surface area contributed by atoms with Crippen molar-refractivity contribution >= 4 is 22.5 Å². The zero-order valence-corrected chi connectivity index (χ0v) is 12.2. The summed E-state index contributed by atoms with van der Waals surface area (Å²) >= 11 is 0. The number of nitrogens with zero attached hydrogens (tertiary/aromatic N) is 2. The van der Waals surface area contributed by atoms with Crippen LogP contribution in [0.5, 0.6) is 0 Å². The smallest absolute Gasteiger partial charge is 0.183 e. The van der Waals surface area contributed by atoms with Crippen molar-refractivity contribution in [2.75, 3.05) is 0 Å². The number of aromatic amines is 1. The van der Waals surface area contributed by atoms with Crippen LogP contribution in [0.4, 0.5) is 0 Å². The fraction of sp³-hybridized carbons (Fsp3) is 0.235. The Balaban J connectivity index is 1.74. The molecular weight excluding hydrogens is 278 g/mol. The molecule has 0 amide bonds. The third-order valence-corrected chi connectivity index (χ3v) is 4.40. The van der Waals surface area contributed by atoms with E-state index in [0.717, 1.165) is 16.6 Å². The summed E-state index contributed by atoms with van der Waals surface area (Å²) in [6.45, 7) is 0. The number of benzene rings is 1. The molecule has 0 radical (unpaired) electrons. The topological polar surface area (TPSA) is 67.8 Å². The molecule has 0 saturated carbocycles. The monoisotopic (exact) mass is 293 g/mol. The maximum atomic E-state index is 12.9. The molecule has 1 aromatic carbocycles. The molecule has 0 fully saturated rings. The standard InChI is InChI=1S/C17H15N3O2/c1-20-8-12(11-4-2-3-5-14(11)20)17(22)10-6-13-16(15(21)7-10)19-9-18-13/h2-5,8-10H,6-7H2,1H3,(H,18,19). The number of fused-ring (bicyclic) bond motifs is 2. The summed E-state index contributed by atoms with van der Waals surface area (Å²) in [5.74, 6) is -0.335. The van der Waals surface area contributed by atoms with Gasteiger partial charge in [0.05, 0.1) is 6.33 Å². The molecule has 0 aliphatic heterocycles. The summed E-state index contributed by atoms with van der Waals surface area (Å²) in [4.78, 5) is 32.0. The number of ketones is 2. The lowest BCUT2D eigenvalue weighted by molar-refractivity contribution is 0.0836. The third-order valence-electron chi connectivity index (χ3n) is 4.40. The molecule has 1 aliphatic rings. The number of aryl methyl sites for hydroxylation is 1. The molecule has 0 bridgehead atoms. The normalized spacial score (nSPS) is 17.7. The number of hydrogen-bond donors (Lipinski definition) is 1. The van der Waals surface area contributed by atoms with Crippen LogP contribution in [0.3, 0.4) is 0 Å². The van der Waals surface area contributed by atoms with E-state index in [1.807, 2.05) is 42.1 Å². The highest BCUT2D eigenvalue weighted by molar-refractivity contribution is 6.11. The molecule has 22 heavy (non-hydrogen) atoms. The third kappa shape index (κ3) is 1.82. The fourth-order valence-electron chi connectivity index (χ4n) is 3.30. The average Bonchev–Trinajstić information content (AvgIpc) is 3.12. The SMILES string of the molecule is Cn1cc(C(=O)C2CC(=O)c3nc[nH]c3C2)c2ccccc21. The van der Waals surface area contributed by atoms with Crippen LogP contribution in [0.2, 0.25) is 0 Å². The zero-order valence-electron chi connectivity index (χ0n) is 12.2. The summed E-state index contributed by atoms with van der Waals surface area (Å²) in [5, 5.41) is 0.942. The van der Waals surface area contributed by atoms with E-state index in [1.165, 1.54) is 6.33 Å². The number of nitrogens with one attached hydrogen (secondary N) is 1. The van der Waals surface area contributed by atoms with Gasteiger partial charge in [-0.15, -0.1) is 0 Å². The number of aromatic nitrogens is 3. The number of H-pyrrole nitrogens is 1. The molecule has 0 saturated heterocycles. The van der Waals surface area contributed by atoms with Crippen molar-refractivity contribution in [3.8, 4) is 0 Å². The van der Waals surface area contributed by atoms with Crippen LogP contribution in [-0.2, 0) is 13.5 Å². The second kappa shape index (κ2) is 4.66. The van der Waals surface area contributed by atoms with Crippen molar-refractivity contribution in [1.82, 2.24) is 14.5 Å². The van der Waals surface area contributed by atoms with E-state index in [2.05, 4.69) is 9.97 Å². The van der Waals surface area contributed by atoms with Crippen molar-refractivity contribution in [3.63, 3.8) is 0 Å². The van der Waals surface area contributed by atoms with Gasteiger partial charge in [0.25, 0.3) is 0 Å². The lowest BCUT2D eigenvalue weighted by Gasteiger charge is -2.18. The van der Waals surface area contributed by atoms with Gasteiger partial charge in [0.15, 0.2) is 11.6 Å². The first kappa shape index (κ1) is 13.0. The van der Waals surface area contributed by atoms with E-state index in [0.29, 0.717) is 17.7 Å². The number of hydrogen-bond acceptors (Lipinski definition) is 3. The second-order valence-electron chi connectivity index (χ2n) is 5.79. The largest absolute Gasteiger partial charge is 0.350 e. The second-order valence-corrected chi connectivity index (χ2v) is 5.79. The maximum absolute atomic E-state index is 12.9. The quantitative estimate of drug-likeness (QED) is 0.738. The number of rotatable bonds is 2. The van der Waals surface area contributed by atoms with Gasteiger partial charge in [0, 0.05) is 54.2 Å². The van der Waals surface area contributed by atoms with Gasteiger partial charge in [0.1, 0.15) is 5.69 Å². The molecule has 4 rings (SSSR count). The van der Waals surface area contributed by atoms with Gasteiger partial charge in [0.2, 0.25) is 0 Å². The summed E-state index contributed by atoms with van der Waals surface area (Å²) in [6.07, 6.45) is 4.16. The number of Topliss-reactive ketones (excluding diaryl/α,β-unsaturated/α-hetero) is 2. The molecule has 1 atom stereocenters.